The third kappa shape index (κ3) is 0.918. The van der Waals surface area contributed by atoms with Crippen LogP contribution in [0.4, 0.5) is 5.95 Å². The van der Waals surface area contributed by atoms with Crippen molar-refractivity contribution in [2.75, 3.05) is 12.0 Å². The summed E-state index contributed by atoms with van der Waals surface area (Å²) in [6.07, 6.45) is 5.36. The van der Waals surface area contributed by atoms with Crippen LogP contribution in [0.3, 0.4) is 0 Å². The summed E-state index contributed by atoms with van der Waals surface area (Å²) in [4.78, 5) is 4.12. The molecule has 0 aliphatic rings. The number of hydrogen-bond donors (Lipinski definition) is 1. The summed E-state index contributed by atoms with van der Waals surface area (Å²) in [6, 6.07) is 0. The number of nitrogen functional groups attached to an aromatic ring is 1. The molecule has 62 valence electrons. The van der Waals surface area contributed by atoms with E-state index in [0.29, 0.717) is 11.6 Å². The van der Waals surface area contributed by atoms with Gasteiger partial charge in [-0.3, -0.25) is 4.40 Å². The lowest BCUT2D eigenvalue weighted by molar-refractivity contribution is 1.04. The molecule has 5 nitrogen and oxygen atoms in total. The fourth-order valence-corrected chi connectivity index (χ4v) is 1.45. The molecule has 2 aromatic heterocycles. The molecular weight excluding hydrogens is 174 g/mol. The molecule has 0 unspecified atom stereocenters. The highest BCUT2D eigenvalue weighted by Gasteiger charge is 2.05. The summed E-state index contributed by atoms with van der Waals surface area (Å²) < 4.78 is 1.71. The van der Waals surface area contributed by atoms with Crippen molar-refractivity contribution in [3.8, 4) is 0 Å². The maximum Gasteiger partial charge on any atom is 0.226 e. The van der Waals surface area contributed by atoms with E-state index < -0.39 is 0 Å². The molecule has 0 saturated heterocycles. The van der Waals surface area contributed by atoms with Crippen LogP contribution in [0, 0.1) is 0 Å². The number of nitrogens with zero attached hydrogens (tertiary/aromatic N) is 4. The van der Waals surface area contributed by atoms with Crippen LogP contribution >= 0.6 is 11.8 Å². The van der Waals surface area contributed by atoms with E-state index in [0.717, 1.165) is 5.03 Å². The number of anilines is 1. The van der Waals surface area contributed by atoms with Crippen molar-refractivity contribution in [3.63, 3.8) is 0 Å². The van der Waals surface area contributed by atoms with E-state index >= 15 is 0 Å². The summed E-state index contributed by atoms with van der Waals surface area (Å²) in [5.74, 6) is 0.391. The SMILES string of the molecule is CSc1nccn2c(N)nnc12. The molecule has 0 aliphatic carbocycles. The monoisotopic (exact) mass is 181 g/mol. The normalized spacial score (nSPS) is 10.8. The fraction of sp³-hybridized carbons (Fsp3) is 0.167. The third-order valence-corrected chi connectivity index (χ3v) is 2.19. The van der Waals surface area contributed by atoms with Crippen LogP contribution in [0.15, 0.2) is 17.4 Å². The van der Waals surface area contributed by atoms with Gasteiger partial charge in [-0.1, -0.05) is 0 Å². The highest BCUT2D eigenvalue weighted by atomic mass is 32.2. The second-order valence-electron chi connectivity index (χ2n) is 2.19. The molecule has 6 heteroatoms. The number of nitrogens with two attached hydrogens (primary N) is 1. The number of thioether (sulfide) groups is 1. The molecule has 0 radical (unpaired) electrons. The van der Waals surface area contributed by atoms with Crippen LogP contribution in [-0.4, -0.2) is 25.8 Å². The molecule has 2 rings (SSSR count). The van der Waals surface area contributed by atoms with Crippen molar-refractivity contribution in [2.45, 2.75) is 5.03 Å². The Kier molecular flexibility index (Phi) is 1.61. The van der Waals surface area contributed by atoms with Gasteiger partial charge in [0.2, 0.25) is 5.95 Å². The zero-order chi connectivity index (χ0) is 8.55. The Balaban J connectivity index is 2.81. The third-order valence-electron chi connectivity index (χ3n) is 1.51. The molecule has 0 aromatic carbocycles. The first-order valence-corrected chi connectivity index (χ1v) is 4.54. The van der Waals surface area contributed by atoms with Crippen LogP contribution in [0.1, 0.15) is 0 Å². The molecule has 0 bridgehead atoms. The largest absolute Gasteiger partial charge is 0.368 e. The minimum absolute atomic E-state index is 0.391. The van der Waals surface area contributed by atoms with Gasteiger partial charge < -0.3 is 5.73 Å². The summed E-state index contributed by atoms with van der Waals surface area (Å²) in [5.41, 5.74) is 6.26. The highest BCUT2D eigenvalue weighted by molar-refractivity contribution is 7.98. The van der Waals surface area contributed by atoms with Gasteiger partial charge >= 0.3 is 0 Å². The molecule has 2 aromatic rings. The summed E-state index contributed by atoms with van der Waals surface area (Å²) in [7, 11) is 0. The average molecular weight is 181 g/mol. The van der Waals surface area contributed by atoms with E-state index in [1.165, 1.54) is 11.8 Å². The Hall–Kier alpha value is -1.30. The number of rotatable bonds is 1. The molecule has 0 amide bonds. The Labute approximate surface area is 73.0 Å². The molecule has 0 saturated carbocycles. The van der Waals surface area contributed by atoms with E-state index in [4.69, 9.17) is 5.73 Å². The summed E-state index contributed by atoms with van der Waals surface area (Å²) >= 11 is 1.52. The van der Waals surface area contributed by atoms with Crippen LogP contribution in [-0.2, 0) is 0 Å². The second kappa shape index (κ2) is 2.63. The Morgan fingerprint density at radius 3 is 3.08 bits per heavy atom. The van der Waals surface area contributed by atoms with Gasteiger partial charge in [0.1, 0.15) is 5.03 Å². The van der Waals surface area contributed by atoms with Crippen LogP contribution < -0.4 is 5.73 Å². The van der Waals surface area contributed by atoms with Crippen molar-refractivity contribution in [2.24, 2.45) is 0 Å². The summed E-state index contributed by atoms with van der Waals surface area (Å²) in [6.45, 7) is 0. The van der Waals surface area contributed by atoms with E-state index in [1.54, 1.807) is 16.8 Å². The molecule has 0 aliphatic heterocycles. The molecule has 0 spiro atoms. The lowest BCUT2D eigenvalue weighted by atomic mass is 10.7. The first-order chi connectivity index (χ1) is 5.83. The van der Waals surface area contributed by atoms with Crippen molar-refractivity contribution < 1.29 is 0 Å². The molecule has 12 heavy (non-hydrogen) atoms. The fourth-order valence-electron chi connectivity index (χ4n) is 0.966. The van der Waals surface area contributed by atoms with Gasteiger partial charge in [-0.15, -0.1) is 22.0 Å². The predicted octanol–water partition coefficient (Wildman–Crippen LogP) is 0.428. The first-order valence-electron chi connectivity index (χ1n) is 3.32. The van der Waals surface area contributed by atoms with E-state index in [9.17, 15) is 0 Å². The molecule has 2 heterocycles. The minimum Gasteiger partial charge on any atom is -0.368 e. The number of hydrogen-bond acceptors (Lipinski definition) is 5. The minimum atomic E-state index is 0.391. The van der Waals surface area contributed by atoms with Gasteiger partial charge in [0, 0.05) is 12.4 Å². The van der Waals surface area contributed by atoms with Gasteiger partial charge in [-0.05, 0) is 6.26 Å². The van der Waals surface area contributed by atoms with Gasteiger partial charge in [0.05, 0.1) is 0 Å². The van der Waals surface area contributed by atoms with Gasteiger partial charge in [0.15, 0.2) is 5.65 Å². The lowest BCUT2D eigenvalue weighted by Gasteiger charge is -1.96. The lowest BCUT2D eigenvalue weighted by Crippen LogP contribution is -1.94. The van der Waals surface area contributed by atoms with Crippen LogP contribution in [0.5, 0.6) is 0 Å². The van der Waals surface area contributed by atoms with Crippen LogP contribution in [0.2, 0.25) is 0 Å². The highest BCUT2D eigenvalue weighted by Crippen LogP contribution is 2.17. The van der Waals surface area contributed by atoms with Gasteiger partial charge in [-0.2, -0.15) is 0 Å². The summed E-state index contributed by atoms with van der Waals surface area (Å²) in [5, 5.41) is 8.47. The molecule has 0 atom stereocenters. The first kappa shape index (κ1) is 7.35. The van der Waals surface area contributed by atoms with Crippen molar-refractivity contribution in [1.82, 2.24) is 19.6 Å². The van der Waals surface area contributed by atoms with Crippen molar-refractivity contribution in [3.05, 3.63) is 12.4 Å². The van der Waals surface area contributed by atoms with Gasteiger partial charge in [0.25, 0.3) is 0 Å². The predicted molar refractivity (Wildman–Crippen MR) is 47.0 cm³/mol. The standard InChI is InChI=1S/C6H7N5S/c1-12-5-4-9-10-6(7)11(4)3-2-8-5/h2-3H,1H3,(H2,7,10). The quantitative estimate of drug-likeness (QED) is 0.646. The molecule has 0 fully saturated rings. The van der Waals surface area contributed by atoms with E-state index in [2.05, 4.69) is 15.2 Å². The zero-order valence-electron chi connectivity index (χ0n) is 6.43. The molecular formula is C6H7N5S. The Morgan fingerprint density at radius 2 is 2.33 bits per heavy atom. The smallest absolute Gasteiger partial charge is 0.226 e. The average Bonchev–Trinajstić information content (AvgIpc) is 2.48. The Bertz CT molecular complexity index is 409. The maximum atomic E-state index is 5.55. The zero-order valence-corrected chi connectivity index (χ0v) is 7.25. The molecule has 2 N–H and O–H groups in total. The number of aromatic nitrogens is 4. The van der Waals surface area contributed by atoms with Crippen LogP contribution in [0.25, 0.3) is 5.65 Å². The Morgan fingerprint density at radius 1 is 1.50 bits per heavy atom. The van der Waals surface area contributed by atoms with E-state index in [1.807, 2.05) is 6.26 Å². The van der Waals surface area contributed by atoms with Crippen molar-refractivity contribution in [1.29, 1.82) is 0 Å². The number of fused-ring (bicyclic) bond motifs is 1. The van der Waals surface area contributed by atoms with E-state index in [-0.39, 0.29) is 0 Å². The van der Waals surface area contributed by atoms with Crippen molar-refractivity contribution >= 4 is 23.4 Å². The maximum absolute atomic E-state index is 5.55. The van der Waals surface area contributed by atoms with Gasteiger partial charge in [-0.25, -0.2) is 4.98 Å². The second-order valence-corrected chi connectivity index (χ2v) is 2.98. The topological polar surface area (TPSA) is 69.1 Å².